The Labute approximate surface area is 118 Å². The molecule has 5 heteroatoms. The highest BCUT2D eigenvalue weighted by Crippen LogP contribution is 2.50. The zero-order valence-electron chi connectivity index (χ0n) is 11.7. The third-order valence-electron chi connectivity index (χ3n) is 3.69. The highest BCUT2D eigenvalue weighted by atomic mass is 32.1. The number of thiophene rings is 1. The van der Waals surface area contributed by atoms with Crippen LogP contribution in [-0.2, 0) is 0 Å². The third-order valence-corrected chi connectivity index (χ3v) is 4.73. The highest BCUT2D eigenvalue weighted by molar-refractivity contribution is 7.17. The SMILES string of the molecule is CCC1(CNc2sc(C#N)c(N)c2OC(C)C)CC1. The van der Waals surface area contributed by atoms with Gasteiger partial charge in [0.05, 0.1) is 6.10 Å². The van der Waals surface area contributed by atoms with E-state index >= 15 is 0 Å². The van der Waals surface area contributed by atoms with Gasteiger partial charge in [0.1, 0.15) is 21.6 Å². The molecule has 0 saturated heterocycles. The lowest BCUT2D eigenvalue weighted by Crippen LogP contribution is -2.15. The van der Waals surface area contributed by atoms with Crippen LogP contribution in [0.3, 0.4) is 0 Å². The summed E-state index contributed by atoms with van der Waals surface area (Å²) < 4.78 is 5.75. The number of nitriles is 1. The van der Waals surface area contributed by atoms with Crippen LogP contribution in [0.15, 0.2) is 0 Å². The van der Waals surface area contributed by atoms with E-state index in [4.69, 9.17) is 15.7 Å². The predicted molar refractivity (Wildman–Crippen MR) is 79.7 cm³/mol. The number of ether oxygens (including phenoxy) is 1. The fourth-order valence-corrected chi connectivity index (χ4v) is 2.93. The average Bonchev–Trinajstić information content (AvgIpc) is 3.11. The molecule has 1 saturated carbocycles. The summed E-state index contributed by atoms with van der Waals surface area (Å²) in [4.78, 5) is 0.527. The molecule has 0 radical (unpaired) electrons. The van der Waals surface area contributed by atoms with Gasteiger partial charge in [-0.1, -0.05) is 6.92 Å². The molecular weight excluding hydrogens is 258 g/mol. The Morgan fingerprint density at radius 1 is 1.53 bits per heavy atom. The molecule has 0 bridgehead atoms. The summed E-state index contributed by atoms with van der Waals surface area (Å²) in [7, 11) is 0. The molecule has 0 aromatic carbocycles. The minimum atomic E-state index is 0.0463. The average molecular weight is 279 g/mol. The quantitative estimate of drug-likeness (QED) is 0.834. The van der Waals surface area contributed by atoms with Gasteiger partial charge in [-0.25, -0.2) is 0 Å². The summed E-state index contributed by atoms with van der Waals surface area (Å²) >= 11 is 1.38. The number of anilines is 2. The van der Waals surface area contributed by atoms with Crippen molar-refractivity contribution in [2.45, 2.75) is 46.1 Å². The Morgan fingerprint density at radius 2 is 2.21 bits per heavy atom. The van der Waals surface area contributed by atoms with Crippen molar-refractivity contribution in [3.8, 4) is 11.8 Å². The monoisotopic (exact) mass is 279 g/mol. The van der Waals surface area contributed by atoms with Crippen molar-refractivity contribution in [3.63, 3.8) is 0 Å². The third kappa shape index (κ3) is 2.95. The Kier molecular flexibility index (Phi) is 3.91. The topological polar surface area (TPSA) is 71.1 Å². The lowest BCUT2D eigenvalue weighted by atomic mass is 10.0. The number of nitrogens with zero attached hydrogens (tertiary/aromatic N) is 1. The van der Waals surface area contributed by atoms with Crippen molar-refractivity contribution in [1.29, 1.82) is 5.26 Å². The van der Waals surface area contributed by atoms with Crippen molar-refractivity contribution < 1.29 is 4.74 Å². The van der Waals surface area contributed by atoms with Crippen molar-refractivity contribution in [2.24, 2.45) is 5.41 Å². The van der Waals surface area contributed by atoms with Gasteiger partial charge in [0.15, 0.2) is 5.75 Å². The Morgan fingerprint density at radius 3 is 2.68 bits per heavy atom. The Hall–Kier alpha value is -1.41. The van der Waals surface area contributed by atoms with E-state index in [2.05, 4.69) is 18.3 Å². The maximum Gasteiger partial charge on any atom is 0.178 e. The van der Waals surface area contributed by atoms with Crippen LogP contribution in [-0.4, -0.2) is 12.6 Å². The second-order valence-corrected chi connectivity index (χ2v) is 6.51. The molecule has 2 rings (SSSR count). The van der Waals surface area contributed by atoms with E-state index in [1.54, 1.807) is 0 Å². The molecule has 1 aliphatic rings. The standard InChI is InChI=1S/C14H21N3OS/c1-4-14(5-6-14)8-17-13-12(18-9(2)3)11(16)10(7-15)19-13/h9,17H,4-6,8,16H2,1-3H3. The van der Waals surface area contributed by atoms with E-state index in [0.29, 0.717) is 21.7 Å². The summed E-state index contributed by atoms with van der Waals surface area (Å²) in [5.74, 6) is 0.642. The highest BCUT2D eigenvalue weighted by Gasteiger charge is 2.40. The van der Waals surface area contributed by atoms with Gasteiger partial charge in [-0.15, -0.1) is 11.3 Å². The first-order chi connectivity index (χ1) is 9.01. The zero-order chi connectivity index (χ0) is 14.0. The second-order valence-electron chi connectivity index (χ2n) is 5.49. The van der Waals surface area contributed by atoms with E-state index in [1.807, 2.05) is 13.8 Å². The number of nitrogens with one attached hydrogen (secondary N) is 1. The Bertz CT molecular complexity index is 498. The second kappa shape index (κ2) is 5.30. The van der Waals surface area contributed by atoms with Crippen LogP contribution >= 0.6 is 11.3 Å². The normalized spacial score (nSPS) is 16.2. The molecule has 1 aliphatic carbocycles. The molecule has 104 valence electrons. The fourth-order valence-electron chi connectivity index (χ4n) is 2.08. The molecule has 0 aliphatic heterocycles. The van der Waals surface area contributed by atoms with Gasteiger partial charge in [0.2, 0.25) is 0 Å². The summed E-state index contributed by atoms with van der Waals surface area (Å²) in [6.45, 7) is 7.08. The first-order valence-corrected chi connectivity index (χ1v) is 7.56. The lowest BCUT2D eigenvalue weighted by molar-refractivity contribution is 0.246. The van der Waals surface area contributed by atoms with Crippen LogP contribution in [0.1, 0.15) is 44.9 Å². The summed E-state index contributed by atoms with van der Waals surface area (Å²) in [5, 5.41) is 13.4. The molecule has 0 atom stereocenters. The molecule has 3 N–H and O–H groups in total. The van der Waals surface area contributed by atoms with Gasteiger partial charge in [-0.3, -0.25) is 0 Å². The number of nitrogen functional groups attached to an aromatic ring is 1. The molecular formula is C14H21N3OS. The first-order valence-electron chi connectivity index (χ1n) is 6.74. The van der Waals surface area contributed by atoms with Gasteiger partial charge in [-0.05, 0) is 38.5 Å². The van der Waals surface area contributed by atoms with Gasteiger partial charge in [0.25, 0.3) is 0 Å². The van der Waals surface area contributed by atoms with Crippen LogP contribution in [0.2, 0.25) is 0 Å². The predicted octanol–water partition coefficient (Wildman–Crippen LogP) is 3.59. The number of hydrogen-bond donors (Lipinski definition) is 2. The van der Waals surface area contributed by atoms with E-state index in [1.165, 1.54) is 30.6 Å². The molecule has 0 unspecified atom stereocenters. The van der Waals surface area contributed by atoms with Crippen molar-refractivity contribution in [2.75, 3.05) is 17.6 Å². The van der Waals surface area contributed by atoms with Crippen LogP contribution < -0.4 is 15.8 Å². The zero-order valence-corrected chi connectivity index (χ0v) is 12.6. The van der Waals surface area contributed by atoms with Crippen LogP contribution in [0.5, 0.6) is 5.75 Å². The molecule has 1 aromatic heterocycles. The minimum Gasteiger partial charge on any atom is -0.486 e. The number of rotatable bonds is 6. The smallest absolute Gasteiger partial charge is 0.178 e. The molecule has 0 amide bonds. The Balaban J connectivity index is 2.16. The van der Waals surface area contributed by atoms with Crippen LogP contribution in [0, 0.1) is 16.7 Å². The molecule has 1 fully saturated rings. The van der Waals surface area contributed by atoms with Gasteiger partial charge in [0, 0.05) is 6.54 Å². The molecule has 0 spiro atoms. The van der Waals surface area contributed by atoms with Gasteiger partial charge >= 0.3 is 0 Å². The number of nitrogens with two attached hydrogens (primary N) is 1. The molecule has 4 nitrogen and oxygen atoms in total. The molecule has 1 heterocycles. The minimum absolute atomic E-state index is 0.0463. The summed E-state index contributed by atoms with van der Waals surface area (Å²) in [6.07, 6.45) is 3.79. The van der Waals surface area contributed by atoms with Crippen molar-refractivity contribution >= 4 is 22.0 Å². The van der Waals surface area contributed by atoms with Crippen LogP contribution in [0.25, 0.3) is 0 Å². The van der Waals surface area contributed by atoms with Crippen molar-refractivity contribution in [1.82, 2.24) is 0 Å². The van der Waals surface area contributed by atoms with Gasteiger partial charge in [-0.2, -0.15) is 5.26 Å². The maximum atomic E-state index is 9.07. The van der Waals surface area contributed by atoms with E-state index in [9.17, 15) is 0 Å². The van der Waals surface area contributed by atoms with E-state index in [0.717, 1.165) is 11.5 Å². The maximum absolute atomic E-state index is 9.07. The first kappa shape index (κ1) is 14.0. The summed E-state index contributed by atoms with van der Waals surface area (Å²) in [6, 6.07) is 2.13. The van der Waals surface area contributed by atoms with Gasteiger partial charge < -0.3 is 15.8 Å². The summed E-state index contributed by atoms with van der Waals surface area (Å²) in [5.41, 5.74) is 6.88. The lowest BCUT2D eigenvalue weighted by Gasteiger charge is -2.16. The fraction of sp³-hybridized carbons (Fsp3) is 0.643. The number of hydrogen-bond acceptors (Lipinski definition) is 5. The van der Waals surface area contributed by atoms with Crippen LogP contribution in [0.4, 0.5) is 10.7 Å². The van der Waals surface area contributed by atoms with E-state index < -0.39 is 0 Å². The molecule has 19 heavy (non-hydrogen) atoms. The molecule has 1 aromatic rings. The largest absolute Gasteiger partial charge is 0.486 e. The van der Waals surface area contributed by atoms with E-state index in [-0.39, 0.29) is 6.10 Å². The van der Waals surface area contributed by atoms with Crippen molar-refractivity contribution in [3.05, 3.63) is 4.88 Å².